The largest absolute Gasteiger partial charge is 0.359 e. The lowest BCUT2D eigenvalue weighted by Crippen LogP contribution is -2.50. The van der Waals surface area contributed by atoms with E-state index in [1.54, 1.807) is 0 Å². The first-order chi connectivity index (χ1) is 11.8. The fraction of sp³-hybridized carbons (Fsp3) is 0.350. The predicted octanol–water partition coefficient (Wildman–Crippen LogP) is 4.41. The Morgan fingerprint density at radius 1 is 0.917 bits per heavy atom. The van der Waals surface area contributed by atoms with Crippen LogP contribution in [0.5, 0.6) is 0 Å². The topological polar surface area (TPSA) is 27.3 Å². The first-order valence-corrected chi connectivity index (χ1v) is 9.16. The van der Waals surface area contributed by atoms with Gasteiger partial charge >= 0.3 is 0 Å². The average Bonchev–Trinajstić information content (AvgIpc) is 2.63. The lowest BCUT2D eigenvalue weighted by atomic mass is 9.96. The van der Waals surface area contributed by atoms with Gasteiger partial charge in [-0.2, -0.15) is 0 Å². The summed E-state index contributed by atoms with van der Waals surface area (Å²) in [6, 6.07) is 21.3. The van der Waals surface area contributed by atoms with E-state index < -0.39 is 0 Å². The number of nitrogens with zero attached hydrogens (tertiary/aromatic N) is 1. The molecule has 0 spiro atoms. The van der Waals surface area contributed by atoms with Crippen LogP contribution in [0.3, 0.4) is 0 Å². The monoisotopic (exact) mass is 339 g/mol. The van der Waals surface area contributed by atoms with Crippen molar-refractivity contribution in [2.75, 3.05) is 5.01 Å². The molecule has 0 atom stereocenters. The van der Waals surface area contributed by atoms with E-state index in [-0.39, 0.29) is 0 Å². The highest BCUT2D eigenvalue weighted by Gasteiger charge is 2.15. The smallest absolute Gasteiger partial charge is 0.185 e. The van der Waals surface area contributed by atoms with Crippen LogP contribution in [0.4, 0.5) is 5.69 Å². The molecule has 1 aliphatic carbocycles. The molecule has 2 aromatic rings. The van der Waals surface area contributed by atoms with E-state index in [1.165, 1.54) is 37.7 Å². The summed E-state index contributed by atoms with van der Waals surface area (Å²) in [5, 5.41) is 6.30. The van der Waals surface area contributed by atoms with Crippen LogP contribution in [-0.2, 0) is 6.54 Å². The Hall–Kier alpha value is -2.07. The number of hydrazine groups is 1. The highest BCUT2D eigenvalue weighted by molar-refractivity contribution is 7.80. The zero-order chi connectivity index (χ0) is 16.6. The van der Waals surface area contributed by atoms with Crippen LogP contribution in [0.2, 0.25) is 0 Å². The molecule has 0 bridgehead atoms. The maximum absolute atomic E-state index is 5.56. The van der Waals surface area contributed by atoms with Gasteiger partial charge in [-0.25, -0.2) is 0 Å². The maximum atomic E-state index is 5.56. The molecular formula is C20H25N3S. The van der Waals surface area contributed by atoms with Gasteiger partial charge in [0.05, 0.1) is 12.2 Å². The molecule has 1 aliphatic rings. The molecular weight excluding hydrogens is 314 g/mol. The minimum atomic E-state index is 0.507. The summed E-state index contributed by atoms with van der Waals surface area (Å²) in [4.78, 5) is 0. The van der Waals surface area contributed by atoms with Gasteiger partial charge in [0.1, 0.15) is 0 Å². The Bertz CT molecular complexity index is 624. The number of hydrogen-bond donors (Lipinski definition) is 2. The molecule has 1 fully saturated rings. The van der Waals surface area contributed by atoms with Crippen molar-refractivity contribution in [1.82, 2.24) is 10.7 Å². The molecule has 0 heterocycles. The highest BCUT2D eigenvalue weighted by Crippen LogP contribution is 2.18. The zero-order valence-corrected chi connectivity index (χ0v) is 14.8. The normalized spacial score (nSPS) is 14.8. The second-order valence-corrected chi connectivity index (χ2v) is 6.74. The summed E-state index contributed by atoms with van der Waals surface area (Å²) < 4.78 is 0. The number of hydrogen-bond acceptors (Lipinski definition) is 2. The molecule has 1 saturated carbocycles. The molecule has 0 saturated heterocycles. The van der Waals surface area contributed by atoms with Crippen molar-refractivity contribution in [3.05, 3.63) is 66.2 Å². The second-order valence-electron chi connectivity index (χ2n) is 6.33. The minimum Gasteiger partial charge on any atom is -0.359 e. The van der Waals surface area contributed by atoms with Gasteiger partial charge in [0.15, 0.2) is 5.11 Å². The average molecular weight is 340 g/mol. The van der Waals surface area contributed by atoms with Crippen molar-refractivity contribution in [3.8, 4) is 0 Å². The van der Waals surface area contributed by atoms with Crippen molar-refractivity contribution in [1.29, 1.82) is 0 Å². The fourth-order valence-corrected chi connectivity index (χ4v) is 3.43. The number of benzene rings is 2. The SMILES string of the molecule is S=C(NC1CCCCC1)NN(Cc1ccccc1)c1ccccc1. The van der Waals surface area contributed by atoms with Gasteiger partial charge < -0.3 is 5.32 Å². The Kier molecular flexibility index (Phi) is 6.07. The van der Waals surface area contributed by atoms with Crippen LogP contribution < -0.4 is 15.8 Å². The van der Waals surface area contributed by atoms with Gasteiger partial charge in [-0.3, -0.25) is 10.4 Å². The first-order valence-electron chi connectivity index (χ1n) is 8.75. The van der Waals surface area contributed by atoms with E-state index in [9.17, 15) is 0 Å². The van der Waals surface area contributed by atoms with E-state index in [4.69, 9.17) is 12.2 Å². The third kappa shape index (κ3) is 4.96. The van der Waals surface area contributed by atoms with E-state index in [0.717, 1.165) is 12.2 Å². The van der Waals surface area contributed by atoms with Crippen LogP contribution >= 0.6 is 12.2 Å². The van der Waals surface area contributed by atoms with Crippen molar-refractivity contribution in [2.45, 2.75) is 44.7 Å². The Labute approximate surface area is 150 Å². The number of rotatable bonds is 5. The Balaban J connectivity index is 1.66. The predicted molar refractivity (Wildman–Crippen MR) is 105 cm³/mol. The van der Waals surface area contributed by atoms with Crippen LogP contribution in [0.25, 0.3) is 0 Å². The lowest BCUT2D eigenvalue weighted by Gasteiger charge is -2.30. The number of para-hydroxylation sites is 1. The second kappa shape index (κ2) is 8.69. The number of thiocarbonyl (C=S) groups is 1. The zero-order valence-electron chi connectivity index (χ0n) is 13.9. The molecule has 2 aromatic carbocycles. The van der Waals surface area contributed by atoms with Gasteiger partial charge in [0.2, 0.25) is 0 Å². The van der Waals surface area contributed by atoms with Gasteiger partial charge in [0, 0.05) is 6.04 Å². The number of nitrogens with one attached hydrogen (secondary N) is 2. The molecule has 0 amide bonds. The minimum absolute atomic E-state index is 0.507. The van der Waals surface area contributed by atoms with Gasteiger partial charge in [-0.1, -0.05) is 67.8 Å². The molecule has 126 valence electrons. The summed E-state index contributed by atoms with van der Waals surface area (Å²) in [5.41, 5.74) is 5.73. The van der Waals surface area contributed by atoms with E-state index in [1.807, 2.05) is 24.3 Å². The van der Waals surface area contributed by atoms with E-state index in [2.05, 4.69) is 52.1 Å². The first kappa shape index (κ1) is 16.8. The summed E-state index contributed by atoms with van der Waals surface area (Å²) >= 11 is 5.56. The van der Waals surface area contributed by atoms with Crippen molar-refractivity contribution >= 4 is 23.0 Å². The molecule has 0 aromatic heterocycles. The van der Waals surface area contributed by atoms with E-state index >= 15 is 0 Å². The quantitative estimate of drug-likeness (QED) is 0.623. The summed E-state index contributed by atoms with van der Waals surface area (Å²) in [5.74, 6) is 0. The molecule has 24 heavy (non-hydrogen) atoms. The van der Waals surface area contributed by atoms with Gasteiger partial charge in [0.25, 0.3) is 0 Å². The summed E-state index contributed by atoms with van der Waals surface area (Å²) in [6.07, 6.45) is 6.37. The Morgan fingerprint density at radius 2 is 1.54 bits per heavy atom. The summed E-state index contributed by atoms with van der Waals surface area (Å²) in [7, 11) is 0. The van der Waals surface area contributed by atoms with Gasteiger partial charge in [-0.15, -0.1) is 0 Å². The highest BCUT2D eigenvalue weighted by atomic mass is 32.1. The molecule has 4 heteroatoms. The van der Waals surface area contributed by atoms with Crippen molar-refractivity contribution in [2.24, 2.45) is 0 Å². The summed E-state index contributed by atoms with van der Waals surface area (Å²) in [6.45, 7) is 0.761. The molecule has 3 nitrogen and oxygen atoms in total. The molecule has 0 aliphatic heterocycles. The molecule has 0 radical (unpaired) electrons. The third-order valence-electron chi connectivity index (χ3n) is 4.43. The third-order valence-corrected chi connectivity index (χ3v) is 4.64. The lowest BCUT2D eigenvalue weighted by molar-refractivity contribution is 0.411. The van der Waals surface area contributed by atoms with Crippen LogP contribution in [0.1, 0.15) is 37.7 Å². The van der Waals surface area contributed by atoms with Crippen LogP contribution in [-0.4, -0.2) is 11.2 Å². The fourth-order valence-electron chi connectivity index (χ4n) is 3.16. The van der Waals surface area contributed by atoms with Crippen LogP contribution in [0, 0.1) is 0 Å². The maximum Gasteiger partial charge on any atom is 0.185 e. The molecule has 0 unspecified atom stereocenters. The molecule has 3 rings (SSSR count). The van der Waals surface area contributed by atoms with Crippen molar-refractivity contribution in [3.63, 3.8) is 0 Å². The van der Waals surface area contributed by atoms with Crippen molar-refractivity contribution < 1.29 is 0 Å². The van der Waals surface area contributed by atoms with Crippen LogP contribution in [0.15, 0.2) is 60.7 Å². The standard InChI is InChI=1S/C20H25N3S/c24-20(21-18-12-6-2-7-13-18)22-23(19-14-8-3-9-15-19)16-17-10-4-1-5-11-17/h1,3-5,8-11,14-15,18H,2,6-7,12-13,16H2,(H2,21,22,24). The van der Waals surface area contributed by atoms with E-state index in [0.29, 0.717) is 11.2 Å². The number of anilines is 1. The van der Waals surface area contributed by atoms with Gasteiger partial charge in [-0.05, 0) is 42.8 Å². The molecule has 2 N–H and O–H groups in total. The Morgan fingerprint density at radius 3 is 2.21 bits per heavy atom.